The van der Waals surface area contributed by atoms with Crippen LogP contribution >= 0.6 is 11.6 Å². The minimum absolute atomic E-state index is 0.123. The summed E-state index contributed by atoms with van der Waals surface area (Å²) in [5, 5.41) is 12.5. The maximum Gasteiger partial charge on any atom is 0.140 e. The summed E-state index contributed by atoms with van der Waals surface area (Å²) in [6.07, 6.45) is 1.49. The van der Waals surface area contributed by atoms with Gasteiger partial charge in [0.25, 0.3) is 0 Å². The van der Waals surface area contributed by atoms with Crippen molar-refractivity contribution in [2.24, 2.45) is 0 Å². The van der Waals surface area contributed by atoms with Crippen molar-refractivity contribution in [2.75, 3.05) is 5.32 Å². The Hall–Kier alpha value is -1.15. The Labute approximate surface area is 70.1 Å². The van der Waals surface area contributed by atoms with Crippen LogP contribution in [-0.4, -0.2) is 5.11 Å². The molecule has 0 aliphatic heterocycles. The van der Waals surface area contributed by atoms with E-state index in [2.05, 4.69) is 11.9 Å². The van der Waals surface area contributed by atoms with E-state index in [1.807, 2.05) is 0 Å². The van der Waals surface area contributed by atoms with E-state index in [1.54, 1.807) is 12.1 Å². The van der Waals surface area contributed by atoms with Crippen molar-refractivity contribution in [3.8, 4) is 5.75 Å². The van der Waals surface area contributed by atoms with E-state index >= 15 is 0 Å². The summed E-state index contributed by atoms with van der Waals surface area (Å²) in [5.74, 6) is 0.123. The molecule has 0 heterocycles. The monoisotopic (exact) mass is 169 g/mol. The molecule has 0 radical (unpaired) electrons. The molecule has 58 valence electrons. The molecule has 0 saturated heterocycles. The topological polar surface area (TPSA) is 32.3 Å². The molecule has 2 N–H and O–H groups in total. The van der Waals surface area contributed by atoms with Crippen LogP contribution in [0, 0.1) is 0 Å². The second kappa shape index (κ2) is 3.30. The van der Waals surface area contributed by atoms with E-state index in [9.17, 15) is 5.11 Å². The molecule has 1 rings (SSSR count). The predicted octanol–water partition coefficient (Wildman–Crippen LogP) is 2.60. The molecule has 0 fully saturated rings. The molecule has 1 aromatic rings. The van der Waals surface area contributed by atoms with Crippen molar-refractivity contribution in [1.29, 1.82) is 0 Å². The van der Waals surface area contributed by atoms with Crippen LogP contribution in [0.4, 0.5) is 5.69 Å². The number of rotatable bonds is 2. The zero-order valence-corrected chi connectivity index (χ0v) is 6.60. The number of phenols is 1. The second-order valence-electron chi connectivity index (χ2n) is 2.01. The number of phenolic OH excluding ortho intramolecular Hbond substituents is 1. The Morgan fingerprint density at radius 1 is 1.55 bits per heavy atom. The van der Waals surface area contributed by atoms with Crippen LogP contribution in [-0.2, 0) is 0 Å². The fourth-order valence-electron chi connectivity index (χ4n) is 0.737. The number of hydrogen-bond acceptors (Lipinski definition) is 2. The van der Waals surface area contributed by atoms with Gasteiger partial charge in [-0.15, -0.1) is 0 Å². The maximum atomic E-state index is 9.23. The number of nitrogens with one attached hydrogen (secondary N) is 1. The standard InChI is InChI=1S/C8H8ClNO/c1-2-10-7-4-3-6(9)5-8(7)11/h2-5,10-11H,1H2. The molecule has 2 nitrogen and oxygen atoms in total. The third-order valence-electron chi connectivity index (χ3n) is 1.22. The first kappa shape index (κ1) is 7.95. The Morgan fingerprint density at radius 3 is 2.82 bits per heavy atom. The highest BCUT2D eigenvalue weighted by molar-refractivity contribution is 6.30. The maximum absolute atomic E-state index is 9.23. The first-order chi connectivity index (χ1) is 5.24. The van der Waals surface area contributed by atoms with Gasteiger partial charge in [-0.1, -0.05) is 18.2 Å². The lowest BCUT2D eigenvalue weighted by Crippen LogP contribution is -1.85. The largest absolute Gasteiger partial charge is 0.506 e. The van der Waals surface area contributed by atoms with Crippen LogP contribution in [0.15, 0.2) is 31.0 Å². The van der Waals surface area contributed by atoms with Gasteiger partial charge >= 0.3 is 0 Å². The van der Waals surface area contributed by atoms with Gasteiger partial charge in [0, 0.05) is 11.1 Å². The molecule has 1 aromatic carbocycles. The minimum atomic E-state index is 0.123. The van der Waals surface area contributed by atoms with Crippen LogP contribution in [0.3, 0.4) is 0 Å². The van der Waals surface area contributed by atoms with Gasteiger partial charge in [-0.2, -0.15) is 0 Å². The lowest BCUT2D eigenvalue weighted by atomic mass is 10.3. The first-order valence-corrected chi connectivity index (χ1v) is 3.48. The molecule has 0 unspecified atom stereocenters. The van der Waals surface area contributed by atoms with Gasteiger partial charge in [-0.25, -0.2) is 0 Å². The average molecular weight is 170 g/mol. The third-order valence-corrected chi connectivity index (χ3v) is 1.45. The molecule has 0 spiro atoms. The van der Waals surface area contributed by atoms with Crippen LogP contribution in [0.25, 0.3) is 0 Å². The van der Waals surface area contributed by atoms with Crippen LogP contribution in [0.5, 0.6) is 5.75 Å². The van der Waals surface area contributed by atoms with Crippen LogP contribution in [0.2, 0.25) is 5.02 Å². The predicted molar refractivity (Wildman–Crippen MR) is 46.9 cm³/mol. The zero-order valence-electron chi connectivity index (χ0n) is 5.84. The van der Waals surface area contributed by atoms with Crippen molar-refractivity contribution in [3.05, 3.63) is 36.0 Å². The van der Waals surface area contributed by atoms with Crippen molar-refractivity contribution in [3.63, 3.8) is 0 Å². The summed E-state index contributed by atoms with van der Waals surface area (Å²) >= 11 is 5.60. The average Bonchev–Trinajstić information content (AvgIpc) is 1.95. The molecule has 11 heavy (non-hydrogen) atoms. The van der Waals surface area contributed by atoms with E-state index in [0.29, 0.717) is 10.7 Å². The quantitative estimate of drug-likeness (QED) is 0.667. The van der Waals surface area contributed by atoms with E-state index in [4.69, 9.17) is 11.6 Å². The van der Waals surface area contributed by atoms with Crippen LogP contribution in [0.1, 0.15) is 0 Å². The van der Waals surface area contributed by atoms with E-state index in [-0.39, 0.29) is 5.75 Å². The highest BCUT2D eigenvalue weighted by Gasteiger charge is 1.97. The number of halogens is 1. The summed E-state index contributed by atoms with van der Waals surface area (Å²) in [7, 11) is 0. The molecule has 0 aliphatic rings. The summed E-state index contributed by atoms with van der Waals surface area (Å²) in [4.78, 5) is 0. The van der Waals surface area contributed by atoms with Crippen molar-refractivity contribution in [2.45, 2.75) is 0 Å². The smallest absolute Gasteiger partial charge is 0.140 e. The van der Waals surface area contributed by atoms with Gasteiger partial charge < -0.3 is 10.4 Å². The van der Waals surface area contributed by atoms with Gasteiger partial charge in [-0.05, 0) is 18.3 Å². The first-order valence-electron chi connectivity index (χ1n) is 3.10. The van der Waals surface area contributed by atoms with Gasteiger partial charge in [0.1, 0.15) is 5.75 Å². The van der Waals surface area contributed by atoms with Crippen molar-refractivity contribution >= 4 is 17.3 Å². The highest BCUT2D eigenvalue weighted by atomic mass is 35.5. The number of benzene rings is 1. The SMILES string of the molecule is C=CNc1ccc(Cl)cc1O. The van der Waals surface area contributed by atoms with Gasteiger partial charge in [0.2, 0.25) is 0 Å². The summed E-state index contributed by atoms with van der Waals surface area (Å²) < 4.78 is 0. The molecular formula is C8H8ClNO. The fraction of sp³-hybridized carbons (Fsp3) is 0. The Bertz CT molecular complexity index is 273. The van der Waals surface area contributed by atoms with Crippen LogP contribution < -0.4 is 5.32 Å². The molecule has 0 saturated carbocycles. The van der Waals surface area contributed by atoms with Gasteiger partial charge in [0.05, 0.1) is 5.69 Å². The number of anilines is 1. The lowest BCUT2D eigenvalue weighted by Gasteiger charge is -2.02. The molecule has 0 atom stereocenters. The van der Waals surface area contributed by atoms with E-state index in [1.165, 1.54) is 12.3 Å². The second-order valence-corrected chi connectivity index (χ2v) is 2.45. The minimum Gasteiger partial charge on any atom is -0.506 e. The molecule has 3 heteroatoms. The Kier molecular flexibility index (Phi) is 2.39. The van der Waals surface area contributed by atoms with Gasteiger partial charge in [0.15, 0.2) is 0 Å². The molecule has 0 aliphatic carbocycles. The Balaban J connectivity index is 2.98. The molecule has 0 aromatic heterocycles. The van der Waals surface area contributed by atoms with Crippen molar-refractivity contribution < 1.29 is 5.11 Å². The fourth-order valence-corrected chi connectivity index (χ4v) is 0.903. The third kappa shape index (κ3) is 1.88. The molecule has 0 bridgehead atoms. The summed E-state index contributed by atoms with van der Waals surface area (Å²) in [6.45, 7) is 3.46. The number of aromatic hydroxyl groups is 1. The van der Waals surface area contributed by atoms with E-state index in [0.717, 1.165) is 0 Å². The van der Waals surface area contributed by atoms with Gasteiger partial charge in [-0.3, -0.25) is 0 Å². The highest BCUT2D eigenvalue weighted by Crippen LogP contribution is 2.26. The van der Waals surface area contributed by atoms with E-state index < -0.39 is 0 Å². The number of hydrogen-bond donors (Lipinski definition) is 2. The molecular weight excluding hydrogens is 162 g/mol. The Morgan fingerprint density at radius 2 is 2.27 bits per heavy atom. The zero-order chi connectivity index (χ0) is 8.27. The lowest BCUT2D eigenvalue weighted by molar-refractivity contribution is 0.478. The molecule has 0 amide bonds. The summed E-state index contributed by atoms with van der Waals surface area (Å²) in [6, 6.07) is 4.83. The summed E-state index contributed by atoms with van der Waals surface area (Å²) in [5.41, 5.74) is 0.601. The van der Waals surface area contributed by atoms with Crippen molar-refractivity contribution in [1.82, 2.24) is 0 Å². The normalized spacial score (nSPS) is 9.18.